The van der Waals surface area contributed by atoms with E-state index in [0.717, 1.165) is 41.6 Å². The summed E-state index contributed by atoms with van der Waals surface area (Å²) in [5.41, 5.74) is 6.20. The van der Waals surface area contributed by atoms with E-state index in [-0.39, 0.29) is 80.3 Å². The van der Waals surface area contributed by atoms with Crippen LogP contribution in [0.5, 0.6) is 0 Å². The fourth-order valence-electron chi connectivity index (χ4n) is 9.27. The van der Waals surface area contributed by atoms with Gasteiger partial charge in [0.15, 0.2) is 5.78 Å². The van der Waals surface area contributed by atoms with Crippen LogP contribution in [0.15, 0.2) is 54.6 Å². The van der Waals surface area contributed by atoms with Crippen molar-refractivity contribution in [1.29, 1.82) is 0 Å². The molecular formula is C56H73FN6O11. The number of ether oxygens (including phenoxy) is 4. The number of hydrogen-bond acceptors (Lipinski definition) is 12. The first-order valence-corrected chi connectivity index (χ1v) is 25.6. The number of hydrogen-bond donors (Lipinski definition) is 5. The molecule has 1 aliphatic carbocycles. The topological polar surface area (TPSA) is 218 Å². The molecule has 0 saturated carbocycles. The third-order valence-corrected chi connectivity index (χ3v) is 13.3. The number of imide groups is 1. The van der Waals surface area contributed by atoms with Gasteiger partial charge in [-0.1, -0.05) is 32.0 Å². The molecule has 1 aromatic heterocycles. The number of halogens is 1. The summed E-state index contributed by atoms with van der Waals surface area (Å²) < 4.78 is 37.2. The van der Waals surface area contributed by atoms with Crippen LogP contribution in [0.4, 0.5) is 20.6 Å². The molecule has 0 fully saturated rings. The van der Waals surface area contributed by atoms with E-state index in [1.165, 1.54) is 18.2 Å². The molecule has 0 radical (unpaired) electrons. The Labute approximate surface area is 434 Å². The van der Waals surface area contributed by atoms with Crippen LogP contribution in [0.2, 0.25) is 0 Å². The molecule has 2 unspecified atom stereocenters. The standard InChI is InChI=1S/C56H71FN6O11.H2/c1-7-62(8-2)24-22-59-54(68)53-36(4)48(60-37(53)5)33-46-45-31-39(57)16-20-49(45)63(55(46)69)56(70)74-34-47-43-30-38(50(65)12-10-28-73-35(3)21-25-64)15-18-41(43)42-19-17-40(32-44(42)47)61-52(67)14-9-13-51(66)58-23-29-72-27-11-26-71-6;/h15-20,30-33,35,47,60,64H,7-14,21-29,34H2,1-6H3,(H,58,66)(H,59,68)(H,61,67);1H/b46-33-;. The van der Waals surface area contributed by atoms with Gasteiger partial charge < -0.3 is 49.9 Å². The maximum Gasteiger partial charge on any atom is 0.421 e. The number of amides is 5. The minimum absolute atomic E-state index is 0. The molecule has 74 heavy (non-hydrogen) atoms. The highest BCUT2D eigenvalue weighted by atomic mass is 19.1. The first-order valence-electron chi connectivity index (χ1n) is 25.6. The van der Waals surface area contributed by atoms with Gasteiger partial charge in [0.2, 0.25) is 11.8 Å². The Hall–Kier alpha value is -6.57. The SMILES string of the molecule is CCN(CC)CCNC(=O)c1c(C)[nH]c(/C=C2\C(=O)N(C(=O)OCC3c4cc(NC(=O)CCCC(=O)NCCOCCCOC)ccc4-c4ccc(C(=O)CCCOC(C)CCO)cc43)c3ccc(F)cc32)c1C.[HH]. The normalized spacial score (nSPS) is 14.5. The molecule has 1 aliphatic heterocycles. The van der Waals surface area contributed by atoms with E-state index in [2.05, 4.69) is 39.7 Å². The highest BCUT2D eigenvalue weighted by Gasteiger charge is 2.40. The van der Waals surface area contributed by atoms with Crippen LogP contribution in [0.25, 0.3) is 22.8 Å². The van der Waals surface area contributed by atoms with E-state index in [0.29, 0.717) is 110 Å². The number of H-pyrrole nitrogens is 1. The zero-order valence-electron chi connectivity index (χ0n) is 43.5. The van der Waals surface area contributed by atoms with Crippen molar-refractivity contribution in [3.05, 3.63) is 105 Å². The number of rotatable bonds is 29. The molecule has 4 aromatic rings. The summed E-state index contributed by atoms with van der Waals surface area (Å²) in [6.07, 6.45) is 2.83. The Morgan fingerprint density at radius 1 is 0.865 bits per heavy atom. The number of aryl methyl sites for hydroxylation is 1. The Morgan fingerprint density at radius 2 is 1.61 bits per heavy atom. The van der Waals surface area contributed by atoms with Crippen molar-refractivity contribution >= 4 is 58.5 Å². The quantitative estimate of drug-likeness (QED) is 0.0199. The summed E-state index contributed by atoms with van der Waals surface area (Å²) in [6, 6.07) is 14.4. The van der Waals surface area contributed by atoms with Crippen LogP contribution in [0, 0.1) is 19.7 Å². The molecule has 6 rings (SSSR count). The molecule has 0 saturated heterocycles. The number of likely N-dealkylation sites (N-methyl/N-ethyl adjacent to an activating group) is 1. The molecule has 2 aliphatic rings. The molecule has 2 heterocycles. The number of anilines is 2. The van der Waals surface area contributed by atoms with Gasteiger partial charge in [0.25, 0.3) is 11.8 Å². The van der Waals surface area contributed by atoms with E-state index < -0.39 is 23.7 Å². The predicted molar refractivity (Wildman–Crippen MR) is 283 cm³/mol. The molecule has 5 N–H and O–H groups in total. The summed E-state index contributed by atoms with van der Waals surface area (Å²) in [7, 11) is 1.62. The van der Waals surface area contributed by atoms with Crippen LogP contribution in [-0.2, 0) is 33.3 Å². The van der Waals surface area contributed by atoms with Crippen LogP contribution in [0.3, 0.4) is 0 Å². The summed E-state index contributed by atoms with van der Waals surface area (Å²) in [6.45, 7) is 14.2. The van der Waals surface area contributed by atoms with Crippen LogP contribution >= 0.6 is 0 Å². The predicted octanol–water partition coefficient (Wildman–Crippen LogP) is 7.95. The minimum Gasteiger partial charge on any atom is -0.448 e. The third kappa shape index (κ3) is 14.6. The van der Waals surface area contributed by atoms with Gasteiger partial charge in [-0.05, 0) is 130 Å². The molecule has 0 spiro atoms. The van der Waals surface area contributed by atoms with Crippen LogP contribution < -0.4 is 20.9 Å². The van der Waals surface area contributed by atoms with Gasteiger partial charge in [0.1, 0.15) is 12.4 Å². The number of aliphatic hydroxyl groups excluding tert-OH is 1. The second kappa shape index (κ2) is 27.6. The lowest BCUT2D eigenvalue weighted by atomic mass is 9.94. The molecule has 18 heteroatoms. The van der Waals surface area contributed by atoms with Gasteiger partial charge in [-0.25, -0.2) is 14.1 Å². The number of fused-ring (bicyclic) bond motifs is 4. The van der Waals surface area contributed by atoms with Crippen molar-refractivity contribution in [2.24, 2.45) is 0 Å². The zero-order chi connectivity index (χ0) is 53.3. The summed E-state index contributed by atoms with van der Waals surface area (Å²) >= 11 is 0. The van der Waals surface area contributed by atoms with Crippen molar-refractivity contribution in [1.82, 2.24) is 20.5 Å². The third-order valence-electron chi connectivity index (χ3n) is 13.3. The molecule has 5 amide bonds. The van der Waals surface area contributed by atoms with Gasteiger partial charge in [-0.15, -0.1) is 0 Å². The minimum atomic E-state index is -1.01. The van der Waals surface area contributed by atoms with Gasteiger partial charge in [-0.2, -0.15) is 0 Å². The van der Waals surface area contributed by atoms with Crippen molar-refractivity contribution in [3.8, 4) is 11.1 Å². The Bertz CT molecular complexity index is 2690. The second-order valence-corrected chi connectivity index (χ2v) is 18.5. The Kier molecular flexibility index (Phi) is 21.2. The first kappa shape index (κ1) is 56.7. The number of aliphatic hydroxyl groups is 1. The van der Waals surface area contributed by atoms with E-state index in [9.17, 15) is 38.3 Å². The van der Waals surface area contributed by atoms with E-state index in [4.69, 9.17) is 18.9 Å². The number of carbonyl (C=O) groups is 6. The van der Waals surface area contributed by atoms with Crippen molar-refractivity contribution in [2.75, 3.05) is 89.7 Å². The van der Waals surface area contributed by atoms with E-state index in [1.54, 1.807) is 45.2 Å². The maximum absolute atomic E-state index is 14.9. The lowest BCUT2D eigenvalue weighted by molar-refractivity contribution is -0.121. The fraction of sp³-hybridized carbons (Fsp3) is 0.464. The van der Waals surface area contributed by atoms with Gasteiger partial charge in [-0.3, -0.25) is 24.0 Å². The van der Waals surface area contributed by atoms with Gasteiger partial charge in [0, 0.05) is 108 Å². The number of aromatic nitrogens is 1. The number of Topliss-reactive ketones (excluding diaryl/α,β-unsaturated/α-hetero) is 1. The number of carbonyl (C=O) groups excluding carboxylic acids is 6. The Morgan fingerprint density at radius 3 is 2.35 bits per heavy atom. The van der Waals surface area contributed by atoms with Crippen molar-refractivity contribution in [2.45, 2.75) is 91.6 Å². The summed E-state index contributed by atoms with van der Waals surface area (Å²) in [5, 5.41) is 17.9. The highest BCUT2D eigenvalue weighted by Crippen LogP contribution is 2.47. The molecule has 17 nitrogen and oxygen atoms in total. The summed E-state index contributed by atoms with van der Waals surface area (Å²) in [5.74, 6) is -2.92. The molecule has 400 valence electrons. The second-order valence-electron chi connectivity index (χ2n) is 18.5. The molecular weight excluding hydrogens is 952 g/mol. The smallest absolute Gasteiger partial charge is 0.421 e. The molecule has 3 aromatic carbocycles. The first-order chi connectivity index (χ1) is 35.7. The molecule has 2 atom stereocenters. The number of nitrogens with one attached hydrogen (secondary N) is 4. The largest absolute Gasteiger partial charge is 0.448 e. The lowest BCUT2D eigenvalue weighted by Crippen LogP contribution is -2.35. The average molecular weight is 1030 g/mol. The van der Waals surface area contributed by atoms with Gasteiger partial charge in [0.05, 0.1) is 29.5 Å². The maximum atomic E-state index is 14.9. The highest BCUT2D eigenvalue weighted by molar-refractivity contribution is 6.41. The zero-order valence-corrected chi connectivity index (χ0v) is 43.5. The number of methoxy groups -OCH3 is 1. The van der Waals surface area contributed by atoms with Crippen LogP contribution in [0.1, 0.15) is 127 Å². The average Bonchev–Trinajstić information content (AvgIpc) is 3.95. The number of benzene rings is 3. The van der Waals surface area contributed by atoms with E-state index in [1.807, 2.05) is 19.1 Å². The van der Waals surface area contributed by atoms with Crippen molar-refractivity contribution in [3.63, 3.8) is 0 Å². The Balaban J connectivity index is 0.0000104. The number of nitrogens with zero attached hydrogens (tertiary/aromatic N) is 2. The van der Waals surface area contributed by atoms with Crippen molar-refractivity contribution < 1.29 is 58.6 Å². The monoisotopic (exact) mass is 1020 g/mol. The molecule has 0 bridgehead atoms. The number of aromatic amines is 1. The fourth-order valence-corrected chi connectivity index (χ4v) is 9.27. The number of ketones is 1. The lowest BCUT2D eigenvalue weighted by Gasteiger charge is -2.19. The van der Waals surface area contributed by atoms with Gasteiger partial charge >= 0.3 is 6.09 Å². The van der Waals surface area contributed by atoms with Crippen LogP contribution in [-0.4, -0.2) is 136 Å². The summed E-state index contributed by atoms with van der Waals surface area (Å²) in [4.78, 5) is 87.5. The van der Waals surface area contributed by atoms with E-state index >= 15 is 0 Å².